The van der Waals surface area contributed by atoms with Crippen LogP contribution in [0.15, 0.2) is 6.07 Å². The van der Waals surface area contributed by atoms with E-state index in [-0.39, 0.29) is 12.2 Å². The zero-order chi connectivity index (χ0) is 15.5. The van der Waals surface area contributed by atoms with E-state index in [0.29, 0.717) is 6.07 Å². The normalized spacial score (nSPS) is 11.8. The topological polar surface area (TPSA) is 65.2 Å². The first-order chi connectivity index (χ1) is 9.22. The maximum atomic E-state index is 12.8. The molecule has 0 aliphatic carbocycles. The zero-order valence-corrected chi connectivity index (χ0v) is 10.3. The number of nitrogens with zero attached hydrogens (tertiary/aromatic N) is 1. The number of alkyl halides is 5. The number of carbonyl (C=O) groups is 1. The number of rotatable bonds is 4. The molecule has 4 nitrogen and oxygen atoms in total. The molecule has 0 fully saturated rings. The largest absolute Gasteiger partial charge is 0.462 e. The Kier molecular flexibility index (Phi) is 4.98. The summed E-state index contributed by atoms with van der Waals surface area (Å²) in [6.07, 6.45) is -8.29. The van der Waals surface area contributed by atoms with Gasteiger partial charge in [0.2, 0.25) is 0 Å². The van der Waals surface area contributed by atoms with Crippen LogP contribution >= 0.6 is 0 Å². The summed E-state index contributed by atoms with van der Waals surface area (Å²) in [5, 5.41) is 0. The van der Waals surface area contributed by atoms with E-state index in [2.05, 4.69) is 9.72 Å². The molecule has 1 aromatic heterocycles. The number of carbonyl (C=O) groups excluding carboxylic acids is 1. The number of aromatic nitrogens is 1. The molecular weight excluding hydrogens is 287 g/mol. The first kappa shape index (κ1) is 16.3. The molecule has 0 aliphatic rings. The van der Waals surface area contributed by atoms with Gasteiger partial charge < -0.3 is 10.5 Å². The van der Waals surface area contributed by atoms with Crippen LogP contribution in [0.2, 0.25) is 0 Å². The van der Waals surface area contributed by atoms with Gasteiger partial charge in [-0.15, -0.1) is 0 Å². The number of hydrogen-bond acceptors (Lipinski definition) is 4. The molecule has 0 spiro atoms. The predicted octanol–water partition coefficient (Wildman–Crippen LogP) is 2.67. The van der Waals surface area contributed by atoms with E-state index in [1.807, 2.05) is 0 Å². The maximum absolute atomic E-state index is 12.8. The van der Waals surface area contributed by atoms with Crippen LogP contribution < -0.4 is 5.73 Å². The van der Waals surface area contributed by atoms with Crippen molar-refractivity contribution in [1.29, 1.82) is 0 Å². The first-order valence-electron chi connectivity index (χ1n) is 5.48. The number of pyridine rings is 1. The molecule has 0 saturated carbocycles. The molecule has 1 rings (SSSR count). The molecule has 0 atom stereocenters. The SMILES string of the molecule is CCOC(=O)c1cc(CN)c(C(F)F)nc1C(F)(F)F. The summed E-state index contributed by atoms with van der Waals surface area (Å²) in [7, 11) is 0. The summed E-state index contributed by atoms with van der Waals surface area (Å²) >= 11 is 0. The third-order valence-electron chi connectivity index (χ3n) is 2.33. The van der Waals surface area contributed by atoms with Gasteiger partial charge in [-0.3, -0.25) is 0 Å². The Morgan fingerprint density at radius 1 is 1.45 bits per heavy atom. The van der Waals surface area contributed by atoms with Gasteiger partial charge in [0.1, 0.15) is 5.69 Å². The van der Waals surface area contributed by atoms with Gasteiger partial charge in [-0.1, -0.05) is 0 Å². The minimum atomic E-state index is -5.06. The molecule has 0 bridgehead atoms. The lowest BCUT2D eigenvalue weighted by molar-refractivity contribution is -0.142. The second-order valence-corrected chi connectivity index (χ2v) is 3.65. The third-order valence-corrected chi connectivity index (χ3v) is 2.33. The number of ether oxygens (including phenoxy) is 1. The van der Waals surface area contributed by atoms with Crippen molar-refractivity contribution in [3.05, 3.63) is 28.6 Å². The van der Waals surface area contributed by atoms with Crippen molar-refractivity contribution < 1.29 is 31.5 Å². The van der Waals surface area contributed by atoms with Crippen molar-refractivity contribution in [1.82, 2.24) is 4.98 Å². The molecule has 2 N–H and O–H groups in total. The molecule has 1 heterocycles. The van der Waals surface area contributed by atoms with Gasteiger partial charge >= 0.3 is 12.1 Å². The van der Waals surface area contributed by atoms with Crippen molar-refractivity contribution in [2.75, 3.05) is 6.61 Å². The molecule has 0 unspecified atom stereocenters. The Hall–Kier alpha value is -1.77. The van der Waals surface area contributed by atoms with Crippen LogP contribution in [0.1, 0.15) is 40.7 Å². The van der Waals surface area contributed by atoms with Crippen molar-refractivity contribution in [2.24, 2.45) is 5.73 Å². The molecule has 0 saturated heterocycles. The van der Waals surface area contributed by atoms with Crippen molar-refractivity contribution in [2.45, 2.75) is 26.1 Å². The average Bonchev–Trinajstić information content (AvgIpc) is 2.36. The second-order valence-electron chi connectivity index (χ2n) is 3.65. The van der Waals surface area contributed by atoms with E-state index < -0.39 is 42.1 Å². The standard InChI is InChI=1S/C11H11F5N2O2/c1-2-20-10(19)6-3-5(4-17)7(9(12)13)18-8(6)11(14,15)16/h3,9H,2,4,17H2,1H3. The van der Waals surface area contributed by atoms with Crippen LogP contribution in [0.5, 0.6) is 0 Å². The van der Waals surface area contributed by atoms with E-state index in [9.17, 15) is 26.7 Å². The number of esters is 1. The number of halogens is 5. The lowest BCUT2D eigenvalue weighted by Crippen LogP contribution is -2.20. The highest BCUT2D eigenvalue weighted by Crippen LogP contribution is 2.34. The van der Waals surface area contributed by atoms with E-state index in [0.717, 1.165) is 0 Å². The van der Waals surface area contributed by atoms with E-state index >= 15 is 0 Å². The third kappa shape index (κ3) is 3.41. The number of hydrogen-bond donors (Lipinski definition) is 1. The maximum Gasteiger partial charge on any atom is 0.434 e. The van der Waals surface area contributed by atoms with Crippen LogP contribution in [0.25, 0.3) is 0 Å². The van der Waals surface area contributed by atoms with Crippen LogP contribution in [0.4, 0.5) is 22.0 Å². The predicted molar refractivity (Wildman–Crippen MR) is 58.0 cm³/mol. The molecule has 112 valence electrons. The van der Waals surface area contributed by atoms with Crippen molar-refractivity contribution in [3.8, 4) is 0 Å². The summed E-state index contributed by atoms with van der Waals surface area (Å²) in [6.45, 7) is 0.762. The summed E-state index contributed by atoms with van der Waals surface area (Å²) in [6, 6.07) is 0.648. The minimum absolute atomic E-state index is 0.162. The zero-order valence-electron chi connectivity index (χ0n) is 10.3. The fourth-order valence-corrected chi connectivity index (χ4v) is 1.50. The summed E-state index contributed by atoms with van der Waals surface area (Å²) in [4.78, 5) is 14.3. The molecule has 0 amide bonds. The quantitative estimate of drug-likeness (QED) is 0.685. The fourth-order valence-electron chi connectivity index (χ4n) is 1.50. The van der Waals surface area contributed by atoms with Crippen molar-refractivity contribution in [3.63, 3.8) is 0 Å². The average molecular weight is 298 g/mol. The molecular formula is C11H11F5N2O2. The Balaban J connectivity index is 3.52. The smallest absolute Gasteiger partial charge is 0.434 e. The molecule has 0 radical (unpaired) electrons. The molecule has 0 aromatic carbocycles. The monoisotopic (exact) mass is 298 g/mol. The first-order valence-corrected chi connectivity index (χ1v) is 5.48. The van der Waals surface area contributed by atoms with Gasteiger partial charge in [0.15, 0.2) is 5.69 Å². The second kappa shape index (κ2) is 6.12. The highest BCUT2D eigenvalue weighted by atomic mass is 19.4. The highest BCUT2D eigenvalue weighted by Gasteiger charge is 2.39. The van der Waals surface area contributed by atoms with Crippen LogP contribution in [-0.2, 0) is 17.5 Å². The lowest BCUT2D eigenvalue weighted by Gasteiger charge is -2.15. The van der Waals surface area contributed by atoms with Gasteiger partial charge in [0, 0.05) is 6.54 Å². The Bertz CT molecular complexity index is 502. The minimum Gasteiger partial charge on any atom is -0.462 e. The Morgan fingerprint density at radius 2 is 2.05 bits per heavy atom. The van der Waals surface area contributed by atoms with E-state index in [1.54, 1.807) is 0 Å². The number of nitrogens with two attached hydrogens (primary N) is 1. The molecule has 1 aromatic rings. The molecule has 20 heavy (non-hydrogen) atoms. The molecule has 0 aliphatic heterocycles. The fraction of sp³-hybridized carbons (Fsp3) is 0.455. The van der Waals surface area contributed by atoms with Crippen LogP contribution in [0.3, 0.4) is 0 Å². The van der Waals surface area contributed by atoms with Gasteiger partial charge in [-0.25, -0.2) is 18.6 Å². The van der Waals surface area contributed by atoms with Gasteiger partial charge in [-0.05, 0) is 18.6 Å². The van der Waals surface area contributed by atoms with Gasteiger partial charge in [-0.2, -0.15) is 13.2 Å². The van der Waals surface area contributed by atoms with Crippen molar-refractivity contribution >= 4 is 5.97 Å². The van der Waals surface area contributed by atoms with Crippen LogP contribution in [-0.4, -0.2) is 17.6 Å². The van der Waals surface area contributed by atoms with E-state index in [4.69, 9.17) is 5.73 Å². The molecule has 9 heteroatoms. The summed E-state index contributed by atoms with van der Waals surface area (Å²) in [5.41, 5.74) is 1.13. The summed E-state index contributed by atoms with van der Waals surface area (Å²) < 4.78 is 68.1. The van der Waals surface area contributed by atoms with E-state index in [1.165, 1.54) is 6.92 Å². The Labute approximate surface area is 110 Å². The Morgan fingerprint density at radius 3 is 2.45 bits per heavy atom. The van der Waals surface area contributed by atoms with Gasteiger partial charge in [0.25, 0.3) is 6.43 Å². The van der Waals surface area contributed by atoms with Gasteiger partial charge in [0.05, 0.1) is 12.2 Å². The summed E-state index contributed by atoms with van der Waals surface area (Å²) in [5.74, 6) is -1.29. The van der Waals surface area contributed by atoms with Crippen LogP contribution in [0, 0.1) is 0 Å². The highest BCUT2D eigenvalue weighted by molar-refractivity contribution is 5.91. The lowest BCUT2D eigenvalue weighted by atomic mass is 10.1.